The zero-order chi connectivity index (χ0) is 28.7. The molecule has 3 aromatic rings. The molecule has 0 aliphatic rings. The van der Waals surface area contributed by atoms with Crippen LogP contribution in [0.5, 0.6) is 0 Å². The number of pyridine rings is 2. The van der Waals surface area contributed by atoms with Crippen LogP contribution < -0.4 is 10.4 Å². The van der Waals surface area contributed by atoms with Crippen LogP contribution >= 0.6 is 17.2 Å². The summed E-state index contributed by atoms with van der Waals surface area (Å²) in [5.74, 6) is 0. The number of rotatable bonds is 7. The van der Waals surface area contributed by atoms with Gasteiger partial charge in [-0.15, -0.1) is 9.24 Å². The van der Waals surface area contributed by atoms with Crippen molar-refractivity contribution in [1.29, 1.82) is 0 Å². The summed E-state index contributed by atoms with van der Waals surface area (Å²) in [6, 6.07) is 17.8. The molecule has 6 heteroatoms. The van der Waals surface area contributed by atoms with Crippen LogP contribution in [0, 0.1) is 0 Å². The second kappa shape index (κ2) is 11.0. The predicted molar refractivity (Wildman–Crippen MR) is 181 cm³/mol. The molecule has 0 N–H and O–H groups in total. The second-order valence-corrected chi connectivity index (χ2v) is 29.5. The molecule has 206 valence electrons. The van der Waals surface area contributed by atoms with Gasteiger partial charge in [0, 0.05) is 12.4 Å². The molecule has 3 rings (SSSR count). The fourth-order valence-electron chi connectivity index (χ4n) is 5.63. The van der Waals surface area contributed by atoms with E-state index in [1.807, 2.05) is 24.5 Å². The summed E-state index contributed by atoms with van der Waals surface area (Å²) in [5.41, 5.74) is 4.90. The first kappa shape index (κ1) is 31.3. The Morgan fingerprint density at radius 1 is 0.684 bits per heavy atom. The maximum absolute atomic E-state index is 4.95. The van der Waals surface area contributed by atoms with E-state index in [-0.39, 0.29) is 18.2 Å². The lowest BCUT2D eigenvalue weighted by Crippen LogP contribution is -2.57. The van der Waals surface area contributed by atoms with Gasteiger partial charge < -0.3 is 0 Å². The Morgan fingerprint density at radius 3 is 1.45 bits per heavy atom. The standard InChI is InChI=1S/C32H50N2P2Si2/c1-30(2,3)36(31(4,5)6)23-24-21-26(37(7,8)9)27(38(10,11)12)22-25(24)32(35,28-17-13-15-19-33-28)29-18-14-16-20-34-29/h13-22H,23,35H2,1-12H3. The molecule has 0 amide bonds. The lowest BCUT2D eigenvalue weighted by Gasteiger charge is -2.43. The summed E-state index contributed by atoms with van der Waals surface area (Å²) in [6.07, 6.45) is 4.94. The molecule has 0 spiro atoms. The van der Waals surface area contributed by atoms with Crippen molar-refractivity contribution in [2.24, 2.45) is 0 Å². The first-order chi connectivity index (χ1) is 17.3. The van der Waals surface area contributed by atoms with Crippen LogP contribution in [0.25, 0.3) is 0 Å². The van der Waals surface area contributed by atoms with Crippen molar-refractivity contribution in [3.05, 3.63) is 83.4 Å². The summed E-state index contributed by atoms with van der Waals surface area (Å²) in [5, 5.41) is 3.19. The number of nitrogens with zero attached hydrogens (tertiary/aromatic N) is 2. The quantitative estimate of drug-likeness (QED) is 0.207. The van der Waals surface area contributed by atoms with Crippen LogP contribution in [0.4, 0.5) is 0 Å². The molecule has 0 radical (unpaired) electrons. The summed E-state index contributed by atoms with van der Waals surface area (Å²) in [4.78, 5) is 9.90. The Hall–Kier alpha value is -1.19. The van der Waals surface area contributed by atoms with E-state index in [1.165, 1.54) is 11.1 Å². The van der Waals surface area contributed by atoms with Crippen LogP contribution in [-0.2, 0) is 11.3 Å². The molecule has 0 aliphatic heterocycles. The van der Waals surface area contributed by atoms with E-state index in [2.05, 4.69) is 126 Å². The maximum atomic E-state index is 4.95. The molecule has 2 heterocycles. The second-order valence-electron chi connectivity index (χ2n) is 14.7. The molecule has 1 aromatic carbocycles. The van der Waals surface area contributed by atoms with Crippen molar-refractivity contribution < 1.29 is 0 Å². The van der Waals surface area contributed by atoms with E-state index in [9.17, 15) is 0 Å². The molecular weight excluding hydrogens is 530 g/mol. The molecule has 2 aromatic heterocycles. The third kappa shape index (κ3) is 6.75. The fraction of sp³-hybridized carbons (Fsp3) is 0.500. The van der Waals surface area contributed by atoms with Gasteiger partial charge in [-0.2, -0.15) is 0 Å². The first-order valence-electron chi connectivity index (χ1n) is 13.9. The lowest BCUT2D eigenvalue weighted by molar-refractivity contribution is 0.701. The molecule has 1 atom stereocenters. The largest absolute Gasteiger partial charge is 0.260 e. The Kier molecular flexibility index (Phi) is 9.07. The van der Waals surface area contributed by atoms with E-state index in [4.69, 9.17) is 9.97 Å². The Labute approximate surface area is 238 Å². The summed E-state index contributed by atoms with van der Waals surface area (Å²) < 4.78 is 0. The summed E-state index contributed by atoms with van der Waals surface area (Å²) in [7, 11) is -0.338. The molecule has 0 saturated carbocycles. The average molecular weight is 581 g/mol. The van der Waals surface area contributed by atoms with Crippen LogP contribution in [0.3, 0.4) is 0 Å². The smallest absolute Gasteiger partial charge is 0.0935 e. The lowest BCUT2D eigenvalue weighted by atomic mass is 9.87. The fourth-order valence-corrected chi connectivity index (χ4v) is 15.0. The Morgan fingerprint density at radius 2 is 1.11 bits per heavy atom. The number of aromatic nitrogens is 2. The minimum absolute atomic E-state index is 0.237. The third-order valence-corrected chi connectivity index (χ3v) is 16.5. The predicted octanol–water partition coefficient (Wildman–Crippen LogP) is 8.31. The van der Waals surface area contributed by atoms with E-state index < -0.39 is 21.3 Å². The highest BCUT2D eigenvalue weighted by Crippen LogP contribution is 2.62. The van der Waals surface area contributed by atoms with E-state index in [1.54, 1.807) is 10.4 Å². The first-order valence-corrected chi connectivity index (χ1v) is 23.0. The average Bonchev–Trinajstić information content (AvgIpc) is 2.80. The SMILES string of the molecule is CC(C)(C)P(Cc1cc([Si](C)(C)C)c([Si](C)(C)C)cc1C(P)(c1ccccn1)c1ccccn1)C(C)(C)C. The van der Waals surface area contributed by atoms with Crippen LogP contribution in [0.2, 0.25) is 39.3 Å². The highest BCUT2D eigenvalue weighted by molar-refractivity contribution is 7.60. The van der Waals surface area contributed by atoms with Crippen molar-refractivity contribution in [3.63, 3.8) is 0 Å². The Bertz CT molecular complexity index is 1180. The van der Waals surface area contributed by atoms with Gasteiger partial charge in [0.2, 0.25) is 0 Å². The summed E-state index contributed by atoms with van der Waals surface area (Å²) in [6.45, 7) is 29.6. The molecule has 0 saturated heterocycles. The number of benzene rings is 1. The normalized spacial score (nSPS) is 13.7. The van der Waals surface area contributed by atoms with Gasteiger partial charge in [0.25, 0.3) is 0 Å². The molecule has 0 bridgehead atoms. The van der Waals surface area contributed by atoms with Crippen molar-refractivity contribution in [2.45, 2.75) is 102 Å². The monoisotopic (exact) mass is 580 g/mol. The minimum atomic E-state index is -1.65. The molecule has 0 aliphatic carbocycles. The van der Waals surface area contributed by atoms with Gasteiger partial charge in [-0.05, 0) is 51.9 Å². The van der Waals surface area contributed by atoms with Crippen molar-refractivity contribution >= 4 is 43.7 Å². The molecule has 2 nitrogen and oxygen atoms in total. The van der Waals surface area contributed by atoms with Crippen LogP contribution in [0.15, 0.2) is 60.9 Å². The van der Waals surface area contributed by atoms with Gasteiger partial charge in [0.05, 0.1) is 32.7 Å². The van der Waals surface area contributed by atoms with Gasteiger partial charge >= 0.3 is 0 Å². The molecular formula is C32H50N2P2Si2. The van der Waals surface area contributed by atoms with Crippen molar-refractivity contribution in [3.8, 4) is 0 Å². The zero-order valence-electron chi connectivity index (χ0n) is 25.9. The number of hydrogen-bond acceptors (Lipinski definition) is 2. The van der Waals surface area contributed by atoms with Crippen LogP contribution in [0.1, 0.15) is 64.1 Å². The van der Waals surface area contributed by atoms with Gasteiger partial charge in [0.1, 0.15) is 0 Å². The highest BCUT2D eigenvalue weighted by Gasteiger charge is 2.41. The van der Waals surface area contributed by atoms with Crippen molar-refractivity contribution in [1.82, 2.24) is 9.97 Å². The Balaban J connectivity index is 2.50. The van der Waals surface area contributed by atoms with Gasteiger partial charge in [-0.25, -0.2) is 0 Å². The molecule has 0 fully saturated rings. The number of hydrogen-bond donors (Lipinski definition) is 0. The highest BCUT2D eigenvalue weighted by atomic mass is 31.1. The van der Waals surface area contributed by atoms with Gasteiger partial charge in [-0.3, -0.25) is 9.97 Å². The van der Waals surface area contributed by atoms with E-state index in [0.29, 0.717) is 0 Å². The summed E-state index contributed by atoms with van der Waals surface area (Å²) >= 11 is 0. The topological polar surface area (TPSA) is 25.8 Å². The minimum Gasteiger partial charge on any atom is -0.260 e. The van der Waals surface area contributed by atoms with Crippen molar-refractivity contribution in [2.75, 3.05) is 0 Å². The zero-order valence-corrected chi connectivity index (χ0v) is 29.9. The van der Waals surface area contributed by atoms with E-state index in [0.717, 1.165) is 17.5 Å². The third-order valence-electron chi connectivity index (χ3n) is 7.37. The van der Waals surface area contributed by atoms with E-state index >= 15 is 0 Å². The maximum Gasteiger partial charge on any atom is 0.0935 e. The van der Waals surface area contributed by atoms with Gasteiger partial charge in [-0.1, -0.05) is 123 Å². The van der Waals surface area contributed by atoms with Crippen LogP contribution in [-0.4, -0.2) is 36.4 Å². The molecule has 38 heavy (non-hydrogen) atoms. The van der Waals surface area contributed by atoms with Gasteiger partial charge in [0.15, 0.2) is 0 Å². The molecule has 1 unspecified atom stereocenters.